The summed E-state index contributed by atoms with van der Waals surface area (Å²) in [4.78, 5) is 26.5. The minimum Gasteiger partial charge on any atom is -0.384 e. The van der Waals surface area contributed by atoms with Gasteiger partial charge < -0.3 is 14.9 Å². The lowest BCUT2D eigenvalue weighted by Crippen LogP contribution is -2.52. The fourth-order valence-electron chi connectivity index (χ4n) is 2.04. The summed E-state index contributed by atoms with van der Waals surface area (Å²) in [5, 5.41) is 8.76. The van der Waals surface area contributed by atoms with Crippen LogP contribution in [0.2, 0.25) is 0 Å². The van der Waals surface area contributed by atoms with Gasteiger partial charge in [-0.05, 0) is 11.6 Å². The molecule has 1 aromatic rings. The molecule has 1 heterocycles. The van der Waals surface area contributed by atoms with Crippen LogP contribution in [0.25, 0.3) is 0 Å². The van der Waals surface area contributed by atoms with Gasteiger partial charge in [-0.15, -0.1) is 0 Å². The van der Waals surface area contributed by atoms with E-state index in [0.29, 0.717) is 19.6 Å². The normalized spacial score (nSPS) is 15.1. The third-order valence-electron chi connectivity index (χ3n) is 3.20. The highest BCUT2D eigenvalue weighted by atomic mass is 16.2. The van der Waals surface area contributed by atoms with E-state index < -0.39 is 11.8 Å². The number of likely N-dealkylation sites (N-methyl/N-ethyl adjacent to an activating group) is 1. The molecule has 2 amide bonds. The van der Waals surface area contributed by atoms with Crippen LogP contribution in [0.15, 0.2) is 24.3 Å². The van der Waals surface area contributed by atoms with Crippen molar-refractivity contribution in [1.29, 1.82) is 0 Å². The summed E-state index contributed by atoms with van der Waals surface area (Å²) >= 11 is 0. The molecular weight excluding hydrogens is 256 g/mol. The Morgan fingerprint density at radius 2 is 1.95 bits per heavy atom. The first-order valence-electron chi connectivity index (χ1n) is 6.35. The van der Waals surface area contributed by atoms with Crippen molar-refractivity contribution < 1.29 is 14.7 Å². The topological polar surface area (TPSA) is 60.9 Å². The Hall–Kier alpha value is -2.32. The summed E-state index contributed by atoms with van der Waals surface area (Å²) in [5.41, 5.74) is 1.64. The summed E-state index contributed by atoms with van der Waals surface area (Å²) in [5.74, 6) is 4.49. The van der Waals surface area contributed by atoms with Gasteiger partial charge in [-0.1, -0.05) is 30.0 Å². The largest absolute Gasteiger partial charge is 0.384 e. The molecule has 1 N–H and O–H groups in total. The Kier molecular flexibility index (Phi) is 4.38. The molecule has 1 saturated heterocycles. The monoisotopic (exact) mass is 272 g/mol. The molecule has 1 fully saturated rings. The lowest BCUT2D eigenvalue weighted by molar-refractivity contribution is -0.155. The van der Waals surface area contributed by atoms with Crippen molar-refractivity contribution in [3.8, 4) is 11.8 Å². The first-order valence-corrected chi connectivity index (χ1v) is 6.35. The van der Waals surface area contributed by atoms with Gasteiger partial charge in [0, 0.05) is 32.2 Å². The number of amides is 2. The summed E-state index contributed by atoms with van der Waals surface area (Å²) in [6.07, 6.45) is 0. The zero-order valence-electron chi connectivity index (χ0n) is 11.3. The highest BCUT2D eigenvalue weighted by Crippen LogP contribution is 2.13. The van der Waals surface area contributed by atoms with E-state index in [2.05, 4.69) is 11.8 Å². The maximum absolute atomic E-state index is 11.9. The van der Waals surface area contributed by atoms with E-state index in [-0.39, 0.29) is 6.61 Å². The van der Waals surface area contributed by atoms with Gasteiger partial charge >= 0.3 is 11.8 Å². The molecule has 20 heavy (non-hydrogen) atoms. The van der Waals surface area contributed by atoms with Crippen LogP contribution in [-0.2, 0) is 16.1 Å². The molecule has 1 aliphatic rings. The zero-order valence-corrected chi connectivity index (χ0v) is 11.3. The second kappa shape index (κ2) is 6.22. The van der Waals surface area contributed by atoms with Crippen LogP contribution >= 0.6 is 0 Å². The molecular formula is C15H16N2O3. The number of piperazine rings is 1. The van der Waals surface area contributed by atoms with Crippen molar-refractivity contribution in [2.75, 3.05) is 26.7 Å². The van der Waals surface area contributed by atoms with Crippen LogP contribution in [0.5, 0.6) is 0 Å². The Morgan fingerprint density at radius 1 is 1.20 bits per heavy atom. The van der Waals surface area contributed by atoms with E-state index >= 15 is 0 Å². The van der Waals surface area contributed by atoms with Crippen molar-refractivity contribution in [2.24, 2.45) is 0 Å². The number of carbonyl (C=O) groups is 2. The number of nitrogens with zero attached hydrogens (tertiary/aromatic N) is 2. The van der Waals surface area contributed by atoms with Crippen LogP contribution in [0.3, 0.4) is 0 Å². The molecule has 1 aromatic carbocycles. The van der Waals surface area contributed by atoms with Crippen molar-refractivity contribution >= 4 is 11.8 Å². The van der Waals surface area contributed by atoms with Gasteiger partial charge in [-0.25, -0.2) is 0 Å². The Labute approximate surface area is 117 Å². The first kappa shape index (κ1) is 14.1. The van der Waals surface area contributed by atoms with Gasteiger partial charge in [0.15, 0.2) is 0 Å². The first-order chi connectivity index (χ1) is 9.63. The van der Waals surface area contributed by atoms with Crippen LogP contribution in [-0.4, -0.2) is 53.5 Å². The highest BCUT2D eigenvalue weighted by Gasteiger charge is 2.30. The Morgan fingerprint density at radius 3 is 2.70 bits per heavy atom. The van der Waals surface area contributed by atoms with E-state index in [1.807, 2.05) is 24.3 Å². The number of hydrogen-bond acceptors (Lipinski definition) is 3. The fraction of sp³-hybridized carbons (Fsp3) is 0.333. The second-order valence-electron chi connectivity index (χ2n) is 4.57. The quantitative estimate of drug-likeness (QED) is 0.601. The molecule has 0 aliphatic carbocycles. The SMILES string of the molecule is CN1CCN(Cc2ccccc2C#CCO)C(=O)C1=O. The predicted molar refractivity (Wildman–Crippen MR) is 73.5 cm³/mol. The standard InChI is InChI=1S/C15H16N2O3/c1-16-8-9-17(15(20)14(16)19)11-13-6-3-2-5-12(13)7-4-10-18/h2-3,5-6,18H,8-11H2,1H3. The highest BCUT2D eigenvalue weighted by molar-refractivity contribution is 6.35. The maximum atomic E-state index is 11.9. The summed E-state index contributed by atoms with van der Waals surface area (Å²) in [7, 11) is 1.62. The summed E-state index contributed by atoms with van der Waals surface area (Å²) < 4.78 is 0. The molecule has 0 aromatic heterocycles. The average molecular weight is 272 g/mol. The van der Waals surface area contributed by atoms with Gasteiger partial charge in [0.2, 0.25) is 0 Å². The molecule has 0 atom stereocenters. The van der Waals surface area contributed by atoms with E-state index in [1.54, 1.807) is 7.05 Å². The van der Waals surface area contributed by atoms with Crippen molar-refractivity contribution in [3.63, 3.8) is 0 Å². The molecule has 0 saturated carbocycles. The number of aliphatic hydroxyl groups is 1. The van der Waals surface area contributed by atoms with E-state index in [1.165, 1.54) is 9.80 Å². The molecule has 5 nitrogen and oxygen atoms in total. The summed E-state index contributed by atoms with van der Waals surface area (Å²) in [6, 6.07) is 7.42. The number of hydrogen-bond donors (Lipinski definition) is 1. The fourth-order valence-corrected chi connectivity index (χ4v) is 2.04. The molecule has 0 unspecified atom stereocenters. The molecule has 0 radical (unpaired) electrons. The lowest BCUT2D eigenvalue weighted by atomic mass is 10.1. The molecule has 0 bridgehead atoms. The number of aliphatic hydroxyl groups excluding tert-OH is 1. The molecule has 2 rings (SSSR count). The number of carbonyl (C=O) groups excluding carboxylic acids is 2. The van der Waals surface area contributed by atoms with Crippen LogP contribution in [0.1, 0.15) is 11.1 Å². The van der Waals surface area contributed by atoms with E-state index in [0.717, 1.165) is 11.1 Å². The summed E-state index contributed by atoms with van der Waals surface area (Å²) in [6.45, 7) is 1.20. The number of benzene rings is 1. The van der Waals surface area contributed by atoms with E-state index in [4.69, 9.17) is 5.11 Å². The number of rotatable bonds is 2. The van der Waals surface area contributed by atoms with Gasteiger partial charge in [-0.2, -0.15) is 0 Å². The smallest absolute Gasteiger partial charge is 0.312 e. The van der Waals surface area contributed by atoms with Gasteiger partial charge in [-0.3, -0.25) is 9.59 Å². The minimum atomic E-state index is -0.483. The second-order valence-corrected chi connectivity index (χ2v) is 4.57. The van der Waals surface area contributed by atoms with Gasteiger partial charge in [0.05, 0.1) is 0 Å². The van der Waals surface area contributed by atoms with Crippen molar-refractivity contribution in [1.82, 2.24) is 9.80 Å². The maximum Gasteiger partial charge on any atom is 0.312 e. The average Bonchev–Trinajstić information content (AvgIpc) is 2.47. The van der Waals surface area contributed by atoms with Crippen LogP contribution < -0.4 is 0 Å². The van der Waals surface area contributed by atoms with Crippen molar-refractivity contribution in [3.05, 3.63) is 35.4 Å². The Bertz CT molecular complexity index is 586. The van der Waals surface area contributed by atoms with Crippen LogP contribution in [0, 0.1) is 11.8 Å². The lowest BCUT2D eigenvalue weighted by Gasteiger charge is -2.31. The third-order valence-corrected chi connectivity index (χ3v) is 3.20. The Balaban J connectivity index is 2.18. The zero-order chi connectivity index (χ0) is 14.5. The predicted octanol–water partition coefficient (Wildman–Crippen LogP) is -0.169. The molecule has 104 valence electrons. The molecule has 1 aliphatic heterocycles. The van der Waals surface area contributed by atoms with Crippen molar-refractivity contribution in [2.45, 2.75) is 6.54 Å². The third kappa shape index (κ3) is 2.98. The van der Waals surface area contributed by atoms with Gasteiger partial charge in [0.1, 0.15) is 6.61 Å². The van der Waals surface area contributed by atoms with Crippen LogP contribution in [0.4, 0.5) is 0 Å². The molecule has 5 heteroatoms. The molecule has 0 spiro atoms. The van der Waals surface area contributed by atoms with Gasteiger partial charge in [0.25, 0.3) is 0 Å². The minimum absolute atomic E-state index is 0.208. The van der Waals surface area contributed by atoms with E-state index in [9.17, 15) is 9.59 Å².